The Kier molecular flexibility index (Phi) is 2.25. The standard InChI is InChI=1S/C9H7BrN2O2/c1-6-4-7(10)2-3-8(6)12-5-9(13)14-11-12/h2-5H,1H3/p+1. The number of aromatic amines is 1. The summed E-state index contributed by atoms with van der Waals surface area (Å²) >= 11 is 3.37. The topological polar surface area (TPSA) is 49.9 Å². The summed E-state index contributed by atoms with van der Waals surface area (Å²) in [4.78, 5) is 10.8. The molecule has 0 aliphatic heterocycles. The van der Waals surface area contributed by atoms with Crippen LogP contribution in [0.3, 0.4) is 0 Å². The molecule has 4 nitrogen and oxygen atoms in total. The highest BCUT2D eigenvalue weighted by molar-refractivity contribution is 9.10. The normalized spacial score (nSPS) is 10.4. The van der Waals surface area contributed by atoms with Crippen LogP contribution in [0.5, 0.6) is 0 Å². The number of hydrogen-bond acceptors (Lipinski definition) is 2. The van der Waals surface area contributed by atoms with Crippen molar-refractivity contribution in [3.8, 4) is 5.69 Å². The largest absolute Gasteiger partial charge is 0.427 e. The second-order valence-corrected chi connectivity index (χ2v) is 3.86. The van der Waals surface area contributed by atoms with Crippen LogP contribution in [0.4, 0.5) is 0 Å². The Morgan fingerprint density at radius 1 is 1.50 bits per heavy atom. The zero-order valence-corrected chi connectivity index (χ0v) is 9.04. The fourth-order valence-corrected chi connectivity index (χ4v) is 1.74. The molecule has 2 rings (SSSR count). The zero-order valence-electron chi connectivity index (χ0n) is 7.45. The van der Waals surface area contributed by atoms with Crippen molar-refractivity contribution in [3.05, 3.63) is 44.9 Å². The van der Waals surface area contributed by atoms with E-state index >= 15 is 0 Å². The molecule has 0 fully saturated rings. The van der Waals surface area contributed by atoms with Crippen LogP contribution < -0.4 is 10.3 Å². The summed E-state index contributed by atoms with van der Waals surface area (Å²) in [6.45, 7) is 1.96. The molecule has 14 heavy (non-hydrogen) atoms. The molecule has 0 bridgehead atoms. The molecule has 5 heteroatoms. The first-order chi connectivity index (χ1) is 6.66. The Morgan fingerprint density at radius 2 is 2.29 bits per heavy atom. The van der Waals surface area contributed by atoms with Crippen LogP contribution in [0.2, 0.25) is 0 Å². The van der Waals surface area contributed by atoms with E-state index in [1.54, 1.807) is 4.68 Å². The number of rotatable bonds is 1. The first kappa shape index (κ1) is 9.21. The lowest BCUT2D eigenvalue weighted by molar-refractivity contribution is -0.670. The molecule has 0 saturated heterocycles. The predicted molar refractivity (Wildman–Crippen MR) is 53.3 cm³/mol. The predicted octanol–water partition coefficient (Wildman–Crippen LogP) is 1.32. The van der Waals surface area contributed by atoms with Gasteiger partial charge in [0.15, 0.2) is 0 Å². The minimum Gasteiger partial charge on any atom is -0.283 e. The van der Waals surface area contributed by atoms with Gasteiger partial charge in [-0.05, 0) is 29.0 Å². The highest BCUT2D eigenvalue weighted by Gasteiger charge is 2.13. The van der Waals surface area contributed by atoms with Gasteiger partial charge in [0.05, 0.1) is 0 Å². The Bertz CT molecular complexity index is 516. The lowest BCUT2D eigenvalue weighted by atomic mass is 10.2. The third-order valence-corrected chi connectivity index (χ3v) is 2.39. The Labute approximate surface area is 88.2 Å². The fourth-order valence-electron chi connectivity index (χ4n) is 1.26. The van der Waals surface area contributed by atoms with Crippen LogP contribution in [0.1, 0.15) is 5.56 Å². The molecule has 72 valence electrons. The average Bonchev–Trinajstić information content (AvgIpc) is 2.51. The van der Waals surface area contributed by atoms with Crippen LogP contribution in [0.25, 0.3) is 5.69 Å². The summed E-state index contributed by atoms with van der Waals surface area (Å²) in [7, 11) is 0. The zero-order chi connectivity index (χ0) is 10.1. The van der Waals surface area contributed by atoms with Crippen molar-refractivity contribution < 1.29 is 9.20 Å². The number of aryl methyl sites for hydroxylation is 1. The molecule has 1 N–H and O–H groups in total. The van der Waals surface area contributed by atoms with E-state index in [1.807, 2.05) is 25.1 Å². The summed E-state index contributed by atoms with van der Waals surface area (Å²) < 4.78 is 7.13. The van der Waals surface area contributed by atoms with Gasteiger partial charge in [-0.1, -0.05) is 15.9 Å². The quantitative estimate of drug-likeness (QED) is 0.782. The Hall–Kier alpha value is -1.36. The molecule has 0 aliphatic carbocycles. The molecule has 1 heterocycles. The van der Waals surface area contributed by atoms with E-state index in [0.717, 1.165) is 15.7 Å². The third-order valence-electron chi connectivity index (χ3n) is 1.90. The van der Waals surface area contributed by atoms with Gasteiger partial charge in [-0.15, -0.1) is 0 Å². The van der Waals surface area contributed by atoms with Gasteiger partial charge in [0.25, 0.3) is 6.20 Å². The molecule has 2 aromatic rings. The van der Waals surface area contributed by atoms with E-state index in [9.17, 15) is 4.79 Å². The number of nitrogens with one attached hydrogen (secondary N) is 1. The molecule has 0 radical (unpaired) electrons. The maximum Gasteiger partial charge on any atom is 0.427 e. The molecule has 0 atom stereocenters. The van der Waals surface area contributed by atoms with Gasteiger partial charge < -0.3 is 0 Å². The number of halogens is 1. The van der Waals surface area contributed by atoms with Gasteiger partial charge in [-0.2, -0.15) is 0 Å². The van der Waals surface area contributed by atoms with E-state index in [1.165, 1.54) is 6.20 Å². The SMILES string of the molecule is Cc1cc(Br)ccc1-[n+]1cc(=O)o[nH]1. The van der Waals surface area contributed by atoms with E-state index in [-0.39, 0.29) is 0 Å². The van der Waals surface area contributed by atoms with Gasteiger partial charge in [-0.25, -0.2) is 4.79 Å². The molecular formula is C9H8BrN2O2+. The number of benzene rings is 1. The minimum absolute atomic E-state index is 0.396. The lowest BCUT2D eigenvalue weighted by Gasteiger charge is -1.95. The molecule has 0 saturated carbocycles. The van der Waals surface area contributed by atoms with E-state index in [2.05, 4.69) is 25.7 Å². The van der Waals surface area contributed by atoms with Crippen molar-refractivity contribution in [2.24, 2.45) is 0 Å². The van der Waals surface area contributed by atoms with Crippen molar-refractivity contribution in [2.75, 3.05) is 0 Å². The average molecular weight is 256 g/mol. The third kappa shape index (κ3) is 1.63. The molecule has 1 aromatic carbocycles. The van der Waals surface area contributed by atoms with Gasteiger partial charge >= 0.3 is 5.63 Å². The smallest absolute Gasteiger partial charge is 0.283 e. The number of H-pyrrole nitrogens is 1. The van der Waals surface area contributed by atoms with Gasteiger partial charge in [-0.3, -0.25) is 4.52 Å². The fraction of sp³-hybridized carbons (Fsp3) is 0.111. The lowest BCUT2D eigenvalue weighted by Crippen LogP contribution is -2.33. The summed E-state index contributed by atoms with van der Waals surface area (Å²) in [6, 6.07) is 5.76. The molecule has 0 unspecified atom stereocenters. The van der Waals surface area contributed by atoms with Crippen LogP contribution in [0, 0.1) is 6.92 Å². The Balaban J connectivity index is 2.57. The molecule has 0 aliphatic rings. The molecular weight excluding hydrogens is 248 g/mol. The van der Waals surface area contributed by atoms with Crippen LogP contribution in [-0.4, -0.2) is 5.27 Å². The molecule has 0 spiro atoms. The van der Waals surface area contributed by atoms with Crippen LogP contribution in [0.15, 0.2) is 38.2 Å². The van der Waals surface area contributed by atoms with Crippen LogP contribution >= 0.6 is 15.9 Å². The van der Waals surface area contributed by atoms with E-state index in [4.69, 9.17) is 0 Å². The van der Waals surface area contributed by atoms with E-state index < -0.39 is 5.63 Å². The number of hydrogen-bond donors (Lipinski definition) is 1. The second-order valence-electron chi connectivity index (χ2n) is 2.94. The minimum atomic E-state index is -0.396. The number of nitrogens with zero attached hydrogens (tertiary/aromatic N) is 1. The van der Waals surface area contributed by atoms with Crippen molar-refractivity contribution in [1.82, 2.24) is 5.27 Å². The summed E-state index contributed by atoms with van der Waals surface area (Å²) in [5.41, 5.74) is 1.53. The molecule has 0 amide bonds. The highest BCUT2D eigenvalue weighted by atomic mass is 79.9. The Morgan fingerprint density at radius 3 is 2.86 bits per heavy atom. The van der Waals surface area contributed by atoms with Crippen molar-refractivity contribution in [2.45, 2.75) is 6.92 Å². The van der Waals surface area contributed by atoms with Crippen molar-refractivity contribution in [3.63, 3.8) is 0 Å². The summed E-state index contributed by atoms with van der Waals surface area (Å²) in [5, 5.41) is 2.50. The van der Waals surface area contributed by atoms with Gasteiger partial charge in [0.2, 0.25) is 5.69 Å². The summed E-state index contributed by atoms with van der Waals surface area (Å²) in [6.07, 6.45) is 1.36. The maximum absolute atomic E-state index is 10.8. The second kappa shape index (κ2) is 3.42. The first-order valence-corrected chi connectivity index (χ1v) is 4.83. The van der Waals surface area contributed by atoms with Gasteiger partial charge in [0.1, 0.15) is 0 Å². The maximum atomic E-state index is 10.8. The first-order valence-electron chi connectivity index (χ1n) is 4.03. The van der Waals surface area contributed by atoms with Crippen molar-refractivity contribution >= 4 is 15.9 Å². The number of aromatic nitrogens is 2. The molecule has 1 aromatic heterocycles. The van der Waals surface area contributed by atoms with E-state index in [0.29, 0.717) is 0 Å². The monoisotopic (exact) mass is 255 g/mol. The highest BCUT2D eigenvalue weighted by Crippen LogP contribution is 2.14. The van der Waals surface area contributed by atoms with Crippen LogP contribution in [-0.2, 0) is 0 Å². The van der Waals surface area contributed by atoms with Crippen molar-refractivity contribution in [1.29, 1.82) is 0 Å². The summed E-state index contributed by atoms with van der Waals surface area (Å²) in [5.74, 6) is 0. The van der Waals surface area contributed by atoms with Gasteiger partial charge in [0, 0.05) is 16.1 Å².